The van der Waals surface area contributed by atoms with Gasteiger partial charge in [0.05, 0.1) is 13.7 Å². The van der Waals surface area contributed by atoms with E-state index in [1.807, 2.05) is 18.2 Å². The first kappa shape index (κ1) is 19.9. The van der Waals surface area contributed by atoms with Crippen LogP contribution in [0, 0.1) is 5.92 Å². The molecule has 2 aromatic rings. The molecule has 1 aliphatic heterocycles. The van der Waals surface area contributed by atoms with Gasteiger partial charge in [-0.3, -0.25) is 4.98 Å². The highest BCUT2D eigenvalue weighted by atomic mass is 16.5. The van der Waals surface area contributed by atoms with Gasteiger partial charge >= 0.3 is 0 Å². The van der Waals surface area contributed by atoms with Crippen LogP contribution in [0.1, 0.15) is 51.9 Å². The second-order valence-corrected chi connectivity index (χ2v) is 7.68. The highest BCUT2D eigenvalue weighted by Gasteiger charge is 2.20. The Morgan fingerprint density at radius 3 is 2.63 bits per heavy atom. The van der Waals surface area contributed by atoms with E-state index in [9.17, 15) is 0 Å². The predicted octanol–water partition coefficient (Wildman–Crippen LogP) is 5.30. The number of aromatic nitrogens is 1. The molecule has 1 aliphatic rings. The van der Waals surface area contributed by atoms with E-state index in [4.69, 9.17) is 9.47 Å². The molecule has 27 heavy (non-hydrogen) atoms. The van der Waals surface area contributed by atoms with E-state index in [1.165, 1.54) is 64.6 Å². The summed E-state index contributed by atoms with van der Waals surface area (Å²) >= 11 is 0. The number of piperidine rings is 1. The lowest BCUT2D eigenvalue weighted by molar-refractivity contribution is 0.140. The number of unbranched alkanes of at least 4 members (excludes halogenated alkanes) is 4. The van der Waals surface area contributed by atoms with E-state index in [0.717, 1.165) is 29.0 Å². The molecular weight excluding hydrogens is 336 g/mol. The second-order valence-electron chi connectivity index (χ2n) is 7.68. The summed E-state index contributed by atoms with van der Waals surface area (Å²) in [4.78, 5) is 7.09. The van der Waals surface area contributed by atoms with Crippen molar-refractivity contribution < 1.29 is 9.47 Å². The number of hydrogen-bond donors (Lipinski definition) is 0. The lowest BCUT2D eigenvalue weighted by Gasteiger charge is -2.31. The predicted molar refractivity (Wildman–Crippen MR) is 112 cm³/mol. The van der Waals surface area contributed by atoms with Crippen molar-refractivity contribution in [2.24, 2.45) is 5.92 Å². The SMILES string of the molecule is CCCCCCCN1CCC(COc2ccnc3c(OC)cccc23)CC1. The number of methoxy groups -OCH3 is 1. The molecule has 0 N–H and O–H groups in total. The van der Waals surface area contributed by atoms with Gasteiger partial charge in [-0.1, -0.05) is 38.7 Å². The first-order valence-electron chi connectivity index (χ1n) is 10.6. The van der Waals surface area contributed by atoms with Crippen LogP contribution < -0.4 is 9.47 Å². The number of fused-ring (bicyclic) bond motifs is 1. The minimum absolute atomic E-state index is 0.648. The maximum absolute atomic E-state index is 6.20. The molecule has 1 fully saturated rings. The van der Waals surface area contributed by atoms with E-state index < -0.39 is 0 Å². The molecule has 0 aliphatic carbocycles. The molecule has 148 valence electrons. The van der Waals surface area contributed by atoms with Crippen LogP contribution in [-0.2, 0) is 0 Å². The summed E-state index contributed by atoms with van der Waals surface area (Å²) in [6.07, 6.45) is 11.1. The molecule has 4 nitrogen and oxygen atoms in total. The van der Waals surface area contributed by atoms with Crippen LogP contribution in [0.25, 0.3) is 10.9 Å². The number of hydrogen-bond acceptors (Lipinski definition) is 4. The van der Waals surface area contributed by atoms with E-state index in [2.05, 4.69) is 22.9 Å². The van der Waals surface area contributed by atoms with E-state index in [-0.39, 0.29) is 0 Å². The maximum atomic E-state index is 6.20. The zero-order valence-corrected chi connectivity index (χ0v) is 17.0. The van der Waals surface area contributed by atoms with Crippen LogP contribution >= 0.6 is 0 Å². The van der Waals surface area contributed by atoms with Gasteiger partial charge in [-0.05, 0) is 63.0 Å². The van der Waals surface area contributed by atoms with Crippen LogP contribution in [0.15, 0.2) is 30.5 Å². The Bertz CT molecular complexity index is 696. The Kier molecular flexibility index (Phi) is 7.76. The van der Waals surface area contributed by atoms with Crippen molar-refractivity contribution in [1.29, 1.82) is 0 Å². The number of ether oxygens (including phenoxy) is 2. The van der Waals surface area contributed by atoms with Gasteiger partial charge in [-0.15, -0.1) is 0 Å². The fourth-order valence-corrected chi connectivity index (χ4v) is 3.94. The summed E-state index contributed by atoms with van der Waals surface area (Å²) in [6, 6.07) is 7.96. The Balaban J connectivity index is 1.45. The number of nitrogens with zero attached hydrogens (tertiary/aromatic N) is 2. The largest absolute Gasteiger partial charge is 0.494 e. The Morgan fingerprint density at radius 1 is 1.04 bits per heavy atom. The van der Waals surface area contributed by atoms with Gasteiger partial charge < -0.3 is 14.4 Å². The van der Waals surface area contributed by atoms with Gasteiger partial charge in [0, 0.05) is 11.6 Å². The Morgan fingerprint density at radius 2 is 1.85 bits per heavy atom. The molecule has 0 amide bonds. The minimum atomic E-state index is 0.648. The number of benzene rings is 1. The molecule has 0 unspecified atom stereocenters. The number of pyridine rings is 1. The third-order valence-corrected chi connectivity index (χ3v) is 5.67. The number of para-hydroxylation sites is 1. The lowest BCUT2D eigenvalue weighted by atomic mass is 9.97. The van der Waals surface area contributed by atoms with Crippen LogP contribution in [0.3, 0.4) is 0 Å². The maximum Gasteiger partial charge on any atom is 0.145 e. The highest BCUT2D eigenvalue weighted by Crippen LogP contribution is 2.31. The smallest absolute Gasteiger partial charge is 0.145 e. The van der Waals surface area contributed by atoms with Crippen molar-refractivity contribution in [3.8, 4) is 11.5 Å². The Hall–Kier alpha value is -1.81. The normalized spacial score (nSPS) is 15.9. The zero-order valence-electron chi connectivity index (χ0n) is 17.0. The standard InChI is InChI=1S/C23H34N2O2/c1-3-4-5-6-7-15-25-16-12-19(13-17-25)18-27-21-11-14-24-23-20(21)9-8-10-22(23)26-2/h8-11,14,19H,3-7,12-13,15-18H2,1-2H3. The van der Waals surface area contributed by atoms with Crippen LogP contribution in [0.4, 0.5) is 0 Å². The highest BCUT2D eigenvalue weighted by molar-refractivity contribution is 5.89. The van der Waals surface area contributed by atoms with Crippen molar-refractivity contribution in [2.45, 2.75) is 51.9 Å². The monoisotopic (exact) mass is 370 g/mol. The first-order valence-corrected chi connectivity index (χ1v) is 10.6. The van der Waals surface area contributed by atoms with Gasteiger partial charge in [0.25, 0.3) is 0 Å². The topological polar surface area (TPSA) is 34.6 Å². The third-order valence-electron chi connectivity index (χ3n) is 5.67. The summed E-state index contributed by atoms with van der Waals surface area (Å²) in [7, 11) is 1.68. The van der Waals surface area contributed by atoms with Crippen LogP contribution in [-0.4, -0.2) is 43.2 Å². The van der Waals surface area contributed by atoms with E-state index in [0.29, 0.717) is 5.92 Å². The molecule has 0 spiro atoms. The Labute approximate surface area is 163 Å². The second kappa shape index (κ2) is 10.5. The van der Waals surface area contributed by atoms with Crippen LogP contribution in [0.5, 0.6) is 11.5 Å². The van der Waals surface area contributed by atoms with E-state index in [1.54, 1.807) is 13.3 Å². The summed E-state index contributed by atoms with van der Waals surface area (Å²) in [5.74, 6) is 2.36. The van der Waals surface area contributed by atoms with Crippen molar-refractivity contribution in [1.82, 2.24) is 9.88 Å². The molecular formula is C23H34N2O2. The number of rotatable bonds is 10. The average molecular weight is 371 g/mol. The van der Waals surface area contributed by atoms with Crippen molar-refractivity contribution in [3.63, 3.8) is 0 Å². The summed E-state index contributed by atoms with van der Waals surface area (Å²) in [5, 5.41) is 1.03. The van der Waals surface area contributed by atoms with E-state index >= 15 is 0 Å². The molecule has 1 aromatic heterocycles. The zero-order chi connectivity index (χ0) is 18.9. The quantitative estimate of drug-likeness (QED) is 0.531. The molecule has 0 saturated carbocycles. The molecule has 1 saturated heterocycles. The fourth-order valence-electron chi connectivity index (χ4n) is 3.94. The summed E-state index contributed by atoms with van der Waals surface area (Å²) < 4.78 is 11.6. The molecule has 0 bridgehead atoms. The fraction of sp³-hybridized carbons (Fsp3) is 0.609. The van der Waals surface area contributed by atoms with Gasteiger partial charge in [0.2, 0.25) is 0 Å². The molecule has 0 radical (unpaired) electrons. The lowest BCUT2D eigenvalue weighted by Crippen LogP contribution is -2.36. The van der Waals surface area contributed by atoms with Crippen LogP contribution in [0.2, 0.25) is 0 Å². The molecule has 3 rings (SSSR count). The third kappa shape index (κ3) is 5.58. The first-order chi connectivity index (χ1) is 13.3. The molecule has 4 heteroatoms. The number of likely N-dealkylation sites (tertiary alicyclic amines) is 1. The molecule has 1 aromatic carbocycles. The van der Waals surface area contributed by atoms with Gasteiger partial charge in [0.1, 0.15) is 17.0 Å². The van der Waals surface area contributed by atoms with Gasteiger partial charge in [0.15, 0.2) is 0 Å². The summed E-state index contributed by atoms with van der Waals surface area (Å²) in [6.45, 7) is 6.77. The minimum Gasteiger partial charge on any atom is -0.494 e. The summed E-state index contributed by atoms with van der Waals surface area (Å²) in [5.41, 5.74) is 0.871. The van der Waals surface area contributed by atoms with Crippen molar-refractivity contribution in [3.05, 3.63) is 30.5 Å². The van der Waals surface area contributed by atoms with Crippen molar-refractivity contribution >= 4 is 10.9 Å². The average Bonchev–Trinajstić information content (AvgIpc) is 2.72. The van der Waals surface area contributed by atoms with Gasteiger partial charge in [-0.2, -0.15) is 0 Å². The molecule has 2 heterocycles. The van der Waals surface area contributed by atoms with Crippen molar-refractivity contribution in [2.75, 3.05) is 33.4 Å². The molecule has 0 atom stereocenters. The van der Waals surface area contributed by atoms with Gasteiger partial charge in [-0.25, -0.2) is 0 Å².